The molecular weight excluding hydrogens is 1030 g/mol. The van der Waals surface area contributed by atoms with Crippen LogP contribution in [-0.2, 0) is 16.2 Å². The molecule has 0 saturated heterocycles. The third kappa shape index (κ3) is 9.34. The normalized spacial score (nSPS) is 15.1. The van der Waals surface area contributed by atoms with Gasteiger partial charge >= 0.3 is 0 Å². The van der Waals surface area contributed by atoms with Crippen LogP contribution in [0.4, 0.5) is 0 Å². The van der Waals surface area contributed by atoms with Crippen LogP contribution in [-0.4, -0.2) is 14.1 Å². The molecule has 1 aliphatic rings. The number of hydrogen-bond acceptors (Lipinski definition) is 2. The van der Waals surface area contributed by atoms with E-state index in [1.165, 1.54) is 18.2 Å². The number of benzene rings is 10. The van der Waals surface area contributed by atoms with Crippen molar-refractivity contribution in [3.8, 4) is 95.5 Å². The molecule has 0 unspecified atom stereocenters. The summed E-state index contributed by atoms with van der Waals surface area (Å²) in [5.74, 6) is 1.72. The maximum Gasteiger partial charge on any atom is 0.269 e. The third-order valence-electron chi connectivity index (χ3n) is 16.5. The highest BCUT2D eigenvalue weighted by Gasteiger charge is 2.29. The Bertz CT molecular complexity index is 5500. The van der Waals surface area contributed by atoms with Crippen molar-refractivity contribution in [2.45, 2.75) is 92.3 Å². The summed E-state index contributed by atoms with van der Waals surface area (Å²) in [5.41, 5.74) is 7.02. The van der Waals surface area contributed by atoms with Crippen LogP contribution < -0.4 is 9.30 Å². The zero-order valence-corrected chi connectivity index (χ0v) is 48.9. The van der Waals surface area contributed by atoms with E-state index in [4.69, 9.17) is 17.9 Å². The monoisotopic (exact) mass is 1120 g/mol. The van der Waals surface area contributed by atoms with Crippen LogP contribution in [0, 0.1) is 20.0 Å². The van der Waals surface area contributed by atoms with E-state index < -0.39 is 62.0 Å². The van der Waals surface area contributed by atoms with E-state index in [0.29, 0.717) is 44.9 Å². The molecule has 5 nitrogen and oxygen atoms in total. The number of nitrogens with zero attached hydrogens (tertiary/aromatic N) is 4. The summed E-state index contributed by atoms with van der Waals surface area (Å²) in [4.78, 5) is 4.90. The first kappa shape index (κ1) is 39.8. The van der Waals surface area contributed by atoms with E-state index in [1.807, 2.05) is 120 Å². The quantitative estimate of drug-likeness (QED) is 0.118. The maximum absolute atomic E-state index is 10.2. The molecule has 0 amide bonds. The van der Waals surface area contributed by atoms with Crippen LogP contribution in [0.2, 0.25) is 0 Å². The second-order valence-corrected chi connectivity index (χ2v) is 25.2. The van der Waals surface area contributed by atoms with Gasteiger partial charge in [0.05, 0.1) is 44.4 Å². The third-order valence-corrected chi connectivity index (χ3v) is 16.5. The molecule has 10 aromatic carbocycles. The van der Waals surface area contributed by atoms with Crippen LogP contribution in [0.3, 0.4) is 0 Å². The Morgan fingerprint density at radius 2 is 1.04 bits per heavy atom. The number of pyridine rings is 1. The number of aryl methyl sites for hydroxylation is 2. The summed E-state index contributed by atoms with van der Waals surface area (Å²) in [6.07, 6.45) is 5.58. The molecule has 4 heterocycles. The number of imidazole rings is 1. The lowest BCUT2D eigenvalue weighted by molar-refractivity contribution is -0.570. The lowest BCUT2D eigenvalue weighted by Crippen LogP contribution is -2.32. The zero-order chi connectivity index (χ0) is 70.6. The molecule has 416 valence electrons. The highest BCUT2D eigenvalue weighted by molar-refractivity contribution is 6.10. The molecule has 0 atom stereocenters. The van der Waals surface area contributed by atoms with Gasteiger partial charge in [-0.25, -0.2) is 4.98 Å². The average molecular weight is 1120 g/mol. The van der Waals surface area contributed by atoms with Gasteiger partial charge in [0.25, 0.3) is 6.33 Å². The standard InChI is InChI=1S/C80H70N4O/c1-50-20-18-21-51(2)75(50)55-43-68(53-32-36-57(37-33-53)79(6,7)8)76-69(44-55)64-26-14-12-24-62(64)63-25-13-15-27-65(63)70-42-54(52-30-34-56(35-31-52)78(3,4)5)45-73-77(70)83(76)49-82(73)59-22-19-23-60(47-59)85-61-38-39-67-66-28-16-17-29-71(66)84(72(67)48-61)74-46-58(40-41-81-74)80(9,10)11/h12-48H,1-11H3/i1D3,2D3,12D,13D,14D,15D,24D,25D,26D,27D. The van der Waals surface area contributed by atoms with E-state index in [-0.39, 0.29) is 77.6 Å². The van der Waals surface area contributed by atoms with E-state index >= 15 is 0 Å². The summed E-state index contributed by atoms with van der Waals surface area (Å²) >= 11 is 0. The van der Waals surface area contributed by atoms with Crippen molar-refractivity contribution in [1.29, 1.82) is 0 Å². The van der Waals surface area contributed by atoms with Gasteiger partial charge in [-0.3, -0.25) is 13.7 Å². The fraction of sp³-hybridized carbons (Fsp3) is 0.175. The van der Waals surface area contributed by atoms with Crippen molar-refractivity contribution in [3.63, 3.8) is 0 Å². The van der Waals surface area contributed by atoms with Crippen molar-refractivity contribution in [2.24, 2.45) is 0 Å². The van der Waals surface area contributed by atoms with Crippen LogP contribution in [0.25, 0.3) is 117 Å². The highest BCUT2D eigenvalue weighted by Crippen LogP contribution is 2.49. The number of aromatic nitrogens is 4. The van der Waals surface area contributed by atoms with Gasteiger partial charge in [0.2, 0.25) is 0 Å². The van der Waals surface area contributed by atoms with Crippen LogP contribution >= 0.6 is 0 Å². The molecule has 13 aromatic rings. The smallest absolute Gasteiger partial charge is 0.269 e. The first-order chi connectivity index (χ1) is 46.6. The first-order valence-corrected chi connectivity index (χ1v) is 28.7. The van der Waals surface area contributed by atoms with Gasteiger partial charge in [-0.2, -0.15) is 0 Å². The minimum Gasteiger partial charge on any atom is -0.458 e. The van der Waals surface area contributed by atoms with Crippen molar-refractivity contribution in [1.82, 2.24) is 14.1 Å². The fourth-order valence-electron chi connectivity index (χ4n) is 12.0. The number of para-hydroxylation sites is 1. The van der Waals surface area contributed by atoms with Gasteiger partial charge in [-0.05, 0) is 191 Å². The zero-order valence-electron chi connectivity index (χ0n) is 62.9. The summed E-state index contributed by atoms with van der Waals surface area (Å²) in [7, 11) is 0. The topological polar surface area (TPSA) is 35.9 Å². The Balaban J connectivity index is 1.13. The first-order valence-electron chi connectivity index (χ1n) is 35.7. The number of fused-ring (bicyclic) bond motifs is 10. The van der Waals surface area contributed by atoms with Gasteiger partial charge in [0.15, 0.2) is 0 Å². The molecule has 5 heteroatoms. The molecule has 0 aliphatic carbocycles. The van der Waals surface area contributed by atoms with Gasteiger partial charge in [-0.15, -0.1) is 0 Å². The minimum atomic E-state index is -2.88. The molecule has 3 aromatic heterocycles. The SMILES string of the molecule is [2H]c1c([2H])c([2H])c2c(c1[2H])-c1cc(-c3c(C([2H])([2H])[2H])cccc3C([2H])([2H])[2H])cc(-c3ccc(C(C)(C)C)cc3)c1-[n+]1[c-]n(-c3cccc(Oc4ccc5c6ccccc6n(-c6cc(C(C)(C)C)ccn6)c5c4)c3)c3cc(-c4ccc(C(C)(C)C)cc4)cc(c31)-c1c([2H])c([2H])c([2H])c([2H])c1-2. The lowest BCUT2D eigenvalue weighted by atomic mass is 9.84. The molecule has 0 fully saturated rings. The van der Waals surface area contributed by atoms with E-state index in [2.05, 4.69) is 104 Å². The van der Waals surface area contributed by atoms with Crippen LogP contribution in [0.5, 0.6) is 11.5 Å². The van der Waals surface area contributed by atoms with Crippen molar-refractivity contribution >= 4 is 32.8 Å². The number of ether oxygens (including phenoxy) is 1. The molecule has 0 N–H and O–H groups in total. The Labute approximate surface area is 519 Å². The summed E-state index contributed by atoms with van der Waals surface area (Å²) < 4.78 is 145. The molecule has 14 rings (SSSR count). The summed E-state index contributed by atoms with van der Waals surface area (Å²) in [6, 6.07) is 48.0. The Hall–Kier alpha value is -9.58. The number of hydrogen-bond donors (Lipinski definition) is 0. The second-order valence-electron chi connectivity index (χ2n) is 25.2. The predicted octanol–water partition coefficient (Wildman–Crippen LogP) is 20.8. The lowest BCUT2D eigenvalue weighted by Gasteiger charge is -2.23. The predicted molar refractivity (Wildman–Crippen MR) is 354 cm³/mol. The molecule has 0 radical (unpaired) electrons. The van der Waals surface area contributed by atoms with Crippen molar-refractivity contribution in [3.05, 3.63) is 259 Å². The van der Waals surface area contributed by atoms with E-state index in [1.54, 1.807) is 16.7 Å². The summed E-state index contributed by atoms with van der Waals surface area (Å²) in [5, 5.41) is 2.04. The van der Waals surface area contributed by atoms with Crippen LogP contribution in [0.1, 0.15) is 109 Å². The molecule has 1 aliphatic heterocycles. The molecule has 85 heavy (non-hydrogen) atoms. The van der Waals surface area contributed by atoms with Crippen molar-refractivity contribution < 1.29 is 28.5 Å². The van der Waals surface area contributed by atoms with E-state index in [0.717, 1.165) is 49.9 Å². The Kier molecular flexibility index (Phi) is 9.40. The molecular formula is C80H70N4O. The Morgan fingerprint density at radius 3 is 1.69 bits per heavy atom. The fourth-order valence-corrected chi connectivity index (χ4v) is 12.0. The average Bonchev–Trinajstić information content (AvgIpc) is 1.60. The van der Waals surface area contributed by atoms with Crippen molar-refractivity contribution in [2.75, 3.05) is 0 Å². The van der Waals surface area contributed by atoms with Gasteiger partial charge in [0, 0.05) is 31.3 Å². The van der Waals surface area contributed by atoms with Gasteiger partial charge in [0.1, 0.15) is 17.3 Å². The van der Waals surface area contributed by atoms with E-state index in [9.17, 15) is 11.0 Å². The largest absolute Gasteiger partial charge is 0.458 e. The molecule has 0 bridgehead atoms. The molecule has 0 saturated carbocycles. The molecule has 0 spiro atoms. The Morgan fingerprint density at radius 1 is 0.459 bits per heavy atom. The van der Waals surface area contributed by atoms with Crippen LogP contribution in [0.15, 0.2) is 224 Å². The minimum absolute atomic E-state index is 0.0415. The second kappa shape index (κ2) is 20.1. The summed E-state index contributed by atoms with van der Waals surface area (Å²) in [6.45, 7) is 13.4. The van der Waals surface area contributed by atoms with Gasteiger partial charge in [-0.1, -0.05) is 208 Å². The maximum atomic E-state index is 10.2. The van der Waals surface area contributed by atoms with Gasteiger partial charge < -0.3 is 4.74 Å². The number of rotatable bonds is 7. The highest BCUT2D eigenvalue weighted by atomic mass is 16.5.